The number of rotatable bonds is 3. The standard InChI is InChI=1S/C27H20/c1-2-8-25-19-21(14-15-22(25)6-1)18-20-12-16-24(17-13-20)27-11-5-9-23-7-3-4-10-26(23)27/h1-17,19H,18H2. The molecule has 5 aromatic carbocycles. The lowest BCUT2D eigenvalue weighted by Gasteiger charge is -2.09. The van der Waals surface area contributed by atoms with Gasteiger partial charge in [0.2, 0.25) is 0 Å². The first-order chi connectivity index (χ1) is 13.4. The van der Waals surface area contributed by atoms with E-state index in [1.807, 2.05) is 0 Å². The van der Waals surface area contributed by atoms with Gasteiger partial charge in [-0.15, -0.1) is 0 Å². The zero-order valence-electron chi connectivity index (χ0n) is 15.1. The van der Waals surface area contributed by atoms with E-state index in [0.29, 0.717) is 0 Å². The van der Waals surface area contributed by atoms with Gasteiger partial charge in [-0.1, -0.05) is 109 Å². The van der Waals surface area contributed by atoms with Crippen LogP contribution in [0.1, 0.15) is 11.1 Å². The summed E-state index contributed by atoms with van der Waals surface area (Å²) in [7, 11) is 0. The van der Waals surface area contributed by atoms with Crippen LogP contribution in [-0.4, -0.2) is 0 Å². The molecular weight excluding hydrogens is 324 g/mol. The van der Waals surface area contributed by atoms with Gasteiger partial charge in [0, 0.05) is 0 Å². The lowest BCUT2D eigenvalue weighted by molar-refractivity contribution is 1.20. The predicted molar refractivity (Wildman–Crippen MR) is 116 cm³/mol. The van der Waals surface area contributed by atoms with E-state index in [4.69, 9.17) is 0 Å². The van der Waals surface area contributed by atoms with E-state index in [1.54, 1.807) is 0 Å². The Hall–Kier alpha value is -3.38. The minimum absolute atomic E-state index is 0.959. The first kappa shape index (κ1) is 15.8. The topological polar surface area (TPSA) is 0 Å². The SMILES string of the molecule is c1ccc2cc(Cc3ccc(-c4cccc5ccccc45)cc3)ccc2c1. The monoisotopic (exact) mass is 344 g/mol. The van der Waals surface area contributed by atoms with Gasteiger partial charge in [0.1, 0.15) is 0 Å². The van der Waals surface area contributed by atoms with Crippen molar-refractivity contribution >= 4 is 21.5 Å². The molecule has 0 N–H and O–H groups in total. The minimum atomic E-state index is 0.959. The van der Waals surface area contributed by atoms with Crippen molar-refractivity contribution in [2.75, 3.05) is 0 Å². The average molecular weight is 344 g/mol. The number of benzene rings is 5. The summed E-state index contributed by atoms with van der Waals surface area (Å²) in [4.78, 5) is 0. The van der Waals surface area contributed by atoms with Crippen molar-refractivity contribution in [2.45, 2.75) is 6.42 Å². The molecule has 5 rings (SSSR count). The molecule has 0 aromatic heterocycles. The van der Waals surface area contributed by atoms with Crippen LogP contribution in [0.15, 0.2) is 109 Å². The van der Waals surface area contributed by atoms with Crippen molar-refractivity contribution in [3.63, 3.8) is 0 Å². The van der Waals surface area contributed by atoms with Gasteiger partial charge in [-0.2, -0.15) is 0 Å². The number of fused-ring (bicyclic) bond motifs is 2. The molecule has 0 amide bonds. The van der Waals surface area contributed by atoms with Crippen LogP contribution in [0.2, 0.25) is 0 Å². The summed E-state index contributed by atoms with van der Waals surface area (Å²) in [5, 5.41) is 5.20. The van der Waals surface area contributed by atoms with Gasteiger partial charge in [0.15, 0.2) is 0 Å². The van der Waals surface area contributed by atoms with Gasteiger partial charge in [-0.3, -0.25) is 0 Å². The summed E-state index contributed by atoms with van der Waals surface area (Å²) in [5.74, 6) is 0. The van der Waals surface area contributed by atoms with Crippen LogP contribution in [0.5, 0.6) is 0 Å². The molecule has 5 aromatic rings. The summed E-state index contributed by atoms with van der Waals surface area (Å²) >= 11 is 0. The largest absolute Gasteiger partial charge is 0.0616 e. The maximum atomic E-state index is 2.30. The quantitative estimate of drug-likeness (QED) is 0.323. The first-order valence-electron chi connectivity index (χ1n) is 9.42. The Morgan fingerprint density at radius 1 is 0.444 bits per heavy atom. The molecule has 0 unspecified atom stereocenters. The van der Waals surface area contributed by atoms with Crippen molar-refractivity contribution < 1.29 is 0 Å². The van der Waals surface area contributed by atoms with Crippen molar-refractivity contribution in [3.8, 4) is 11.1 Å². The first-order valence-corrected chi connectivity index (χ1v) is 9.42. The lowest BCUT2D eigenvalue weighted by Crippen LogP contribution is -1.89. The molecule has 0 saturated heterocycles. The van der Waals surface area contributed by atoms with Crippen molar-refractivity contribution in [2.24, 2.45) is 0 Å². The molecule has 0 radical (unpaired) electrons. The molecule has 0 heteroatoms. The highest BCUT2D eigenvalue weighted by Crippen LogP contribution is 2.29. The highest BCUT2D eigenvalue weighted by Gasteiger charge is 2.04. The van der Waals surface area contributed by atoms with E-state index in [0.717, 1.165) is 6.42 Å². The molecule has 128 valence electrons. The zero-order valence-corrected chi connectivity index (χ0v) is 15.1. The molecule has 27 heavy (non-hydrogen) atoms. The maximum absolute atomic E-state index is 2.30. The van der Waals surface area contributed by atoms with Gasteiger partial charge < -0.3 is 0 Å². The molecule has 0 atom stereocenters. The van der Waals surface area contributed by atoms with Gasteiger partial charge in [-0.25, -0.2) is 0 Å². The van der Waals surface area contributed by atoms with Crippen LogP contribution in [0, 0.1) is 0 Å². The van der Waals surface area contributed by atoms with Crippen molar-refractivity contribution in [3.05, 3.63) is 120 Å². The number of hydrogen-bond donors (Lipinski definition) is 0. The Balaban J connectivity index is 1.45. The molecule has 0 bridgehead atoms. The third-order valence-electron chi connectivity index (χ3n) is 5.28. The fourth-order valence-corrected chi connectivity index (χ4v) is 3.86. The van der Waals surface area contributed by atoms with Gasteiger partial charge in [0.25, 0.3) is 0 Å². The highest BCUT2D eigenvalue weighted by molar-refractivity contribution is 5.96. The summed E-state index contributed by atoms with van der Waals surface area (Å²) in [6.07, 6.45) is 0.959. The molecule has 0 saturated carbocycles. The molecule has 0 aliphatic rings. The fraction of sp³-hybridized carbons (Fsp3) is 0.0370. The Morgan fingerprint density at radius 2 is 1.11 bits per heavy atom. The van der Waals surface area contributed by atoms with Crippen LogP contribution in [0.25, 0.3) is 32.7 Å². The zero-order chi connectivity index (χ0) is 18.1. The molecule has 0 aliphatic heterocycles. The van der Waals surface area contributed by atoms with Gasteiger partial charge >= 0.3 is 0 Å². The average Bonchev–Trinajstić information content (AvgIpc) is 2.74. The van der Waals surface area contributed by atoms with Crippen LogP contribution >= 0.6 is 0 Å². The van der Waals surface area contributed by atoms with Crippen molar-refractivity contribution in [1.82, 2.24) is 0 Å². The van der Waals surface area contributed by atoms with E-state index in [1.165, 1.54) is 43.8 Å². The Labute approximate surface area is 159 Å². The molecule has 0 fully saturated rings. The third kappa shape index (κ3) is 3.11. The number of hydrogen-bond acceptors (Lipinski definition) is 0. The van der Waals surface area contributed by atoms with Crippen LogP contribution in [0.4, 0.5) is 0 Å². The summed E-state index contributed by atoms with van der Waals surface area (Å²) in [6.45, 7) is 0. The van der Waals surface area contributed by atoms with Crippen molar-refractivity contribution in [1.29, 1.82) is 0 Å². The van der Waals surface area contributed by atoms with E-state index in [2.05, 4.69) is 109 Å². The third-order valence-corrected chi connectivity index (χ3v) is 5.28. The lowest BCUT2D eigenvalue weighted by atomic mass is 9.96. The summed E-state index contributed by atoms with van der Waals surface area (Å²) in [5.41, 5.74) is 5.26. The molecule has 0 nitrogen and oxygen atoms in total. The normalized spacial score (nSPS) is 11.1. The summed E-state index contributed by atoms with van der Waals surface area (Å²) < 4.78 is 0. The van der Waals surface area contributed by atoms with Crippen LogP contribution in [-0.2, 0) is 6.42 Å². The van der Waals surface area contributed by atoms with E-state index in [9.17, 15) is 0 Å². The van der Waals surface area contributed by atoms with Gasteiger partial charge in [-0.05, 0) is 50.2 Å². The van der Waals surface area contributed by atoms with Crippen LogP contribution < -0.4 is 0 Å². The second-order valence-electron chi connectivity index (χ2n) is 7.08. The van der Waals surface area contributed by atoms with Gasteiger partial charge in [0.05, 0.1) is 0 Å². The molecular formula is C27H20. The second-order valence-corrected chi connectivity index (χ2v) is 7.08. The minimum Gasteiger partial charge on any atom is -0.0616 e. The van der Waals surface area contributed by atoms with E-state index < -0.39 is 0 Å². The Morgan fingerprint density at radius 3 is 1.96 bits per heavy atom. The smallest absolute Gasteiger partial charge is 0.00255 e. The Kier molecular flexibility index (Phi) is 3.95. The maximum Gasteiger partial charge on any atom is -0.00255 e. The second kappa shape index (κ2) is 6.74. The van der Waals surface area contributed by atoms with E-state index >= 15 is 0 Å². The Bertz CT molecular complexity index is 1220. The van der Waals surface area contributed by atoms with E-state index in [-0.39, 0.29) is 0 Å². The predicted octanol–water partition coefficient (Wildman–Crippen LogP) is 7.25. The molecule has 0 aliphatic carbocycles. The molecule has 0 heterocycles. The summed E-state index contributed by atoms with van der Waals surface area (Å²) in [6, 6.07) is 39.4. The fourth-order valence-electron chi connectivity index (χ4n) is 3.86. The van der Waals surface area contributed by atoms with Crippen LogP contribution in [0.3, 0.4) is 0 Å². The highest BCUT2D eigenvalue weighted by atomic mass is 14.1. The molecule has 0 spiro atoms.